The van der Waals surface area contributed by atoms with Gasteiger partial charge in [-0.3, -0.25) is 4.40 Å². The Morgan fingerprint density at radius 3 is 1.98 bits per heavy atom. The molecule has 1 aliphatic rings. The average Bonchev–Trinajstić information content (AvgIpc) is 3.75. The van der Waals surface area contributed by atoms with E-state index >= 15 is 0 Å². The number of hydrogen-bond acceptors (Lipinski definition) is 3. The summed E-state index contributed by atoms with van der Waals surface area (Å²) in [5.41, 5.74) is 7.41. The summed E-state index contributed by atoms with van der Waals surface area (Å²) >= 11 is 1.98. The second kappa shape index (κ2) is 12.6. The molecule has 55 heavy (non-hydrogen) atoms. The summed E-state index contributed by atoms with van der Waals surface area (Å²) in [6.45, 7) is 12.0. The fourth-order valence-electron chi connectivity index (χ4n) is 9.18. The van der Waals surface area contributed by atoms with Crippen molar-refractivity contribution in [1.29, 1.82) is 0 Å². The van der Waals surface area contributed by atoms with Gasteiger partial charge in [-0.1, -0.05) is 185 Å². The van der Waals surface area contributed by atoms with Crippen LogP contribution in [0.2, 0.25) is 13.1 Å². The summed E-state index contributed by atoms with van der Waals surface area (Å²) in [4.78, 5) is 8.07. The molecule has 3 nitrogen and oxygen atoms in total. The number of benzene rings is 7. The lowest BCUT2D eigenvalue weighted by molar-refractivity contribution is 0.592. The molecule has 1 aliphatic heterocycles. The summed E-state index contributed by atoms with van der Waals surface area (Å²) in [5.74, 6) is 0.620. The van der Waals surface area contributed by atoms with Crippen LogP contribution in [0.3, 0.4) is 0 Å². The zero-order chi connectivity index (χ0) is 37.5. The second-order valence-electron chi connectivity index (χ2n) is 16.4. The first-order chi connectivity index (χ1) is 26.7. The molecule has 3 heterocycles. The van der Waals surface area contributed by atoms with Gasteiger partial charge in [0.1, 0.15) is 13.6 Å². The topological polar surface area (TPSA) is 30.4 Å². The van der Waals surface area contributed by atoms with E-state index in [0.717, 1.165) is 27.7 Å². The molecule has 0 N–H and O–H groups in total. The molecule has 268 valence electrons. The predicted molar refractivity (Wildman–Crippen MR) is 238 cm³/mol. The standard InChI is InChI=1S/C49H42N2OSSi2/c1-49(2,3)38-31-30-35(32-37(38)36-22-16-24-40-46(36)50-48-51(40)39-23-12-13-25-41(39)52-48)55(33-18-8-6-9-19-33,34-20-10-7-11-21-34)45-29-17-28-44-47(45)53-42-26-14-15-27-43(42)54(44,4)5/h6-32H,1-5H3. The molecule has 0 fully saturated rings. The van der Waals surface area contributed by atoms with Gasteiger partial charge in [0.15, 0.2) is 13.7 Å². The Bertz CT molecular complexity index is 2880. The highest BCUT2D eigenvalue weighted by molar-refractivity contribution is 8.00. The first-order valence-corrected chi connectivity index (χ1v) is 25.0. The van der Waals surface area contributed by atoms with Crippen LogP contribution in [-0.2, 0) is 5.41 Å². The van der Waals surface area contributed by atoms with Crippen molar-refractivity contribution in [3.05, 3.63) is 169 Å². The van der Waals surface area contributed by atoms with E-state index in [1.54, 1.807) is 0 Å². The minimum Gasteiger partial charge on any atom is -0.423 e. The Labute approximate surface area is 328 Å². The summed E-state index contributed by atoms with van der Waals surface area (Å²) in [6, 6.07) is 61.4. The van der Waals surface area contributed by atoms with Crippen LogP contribution in [0.15, 0.2) is 178 Å². The predicted octanol–water partition coefficient (Wildman–Crippen LogP) is 8.86. The molecule has 10 rings (SSSR count). The molecule has 0 radical (unpaired) electrons. The van der Waals surface area contributed by atoms with E-state index in [9.17, 15) is 0 Å². The summed E-state index contributed by atoms with van der Waals surface area (Å²) in [7, 11) is -4.99. The third kappa shape index (κ3) is 5.12. The van der Waals surface area contributed by atoms with E-state index in [-0.39, 0.29) is 5.41 Å². The Morgan fingerprint density at radius 2 is 1.24 bits per heavy atom. The van der Waals surface area contributed by atoms with Crippen LogP contribution in [0, 0.1) is 0 Å². The van der Waals surface area contributed by atoms with Gasteiger partial charge in [0, 0.05) is 15.4 Å². The number of hydrogen-bond donors (Lipinski definition) is 0. The highest BCUT2D eigenvalue weighted by Crippen LogP contribution is 2.39. The zero-order valence-electron chi connectivity index (χ0n) is 31.8. The van der Waals surface area contributed by atoms with Crippen LogP contribution < -0.4 is 31.1 Å². The zero-order valence-corrected chi connectivity index (χ0v) is 34.6. The van der Waals surface area contributed by atoms with Gasteiger partial charge >= 0.3 is 5.84 Å². The quantitative estimate of drug-likeness (QED) is 0.130. The first-order valence-electron chi connectivity index (χ1n) is 19.1. The number of oxazole rings is 1. The fourth-order valence-corrected chi connectivity index (χ4v) is 20.2. The van der Waals surface area contributed by atoms with Gasteiger partial charge < -0.3 is 4.42 Å². The molecule has 0 atom stereocenters. The Hall–Kier alpha value is -5.41. The van der Waals surface area contributed by atoms with Crippen molar-refractivity contribution < 1.29 is 4.42 Å². The Balaban J connectivity index is 1.32. The minimum absolute atomic E-state index is 0.119. The molecule has 0 aliphatic carbocycles. The van der Waals surface area contributed by atoms with Gasteiger partial charge in [-0.25, -0.2) is 0 Å². The molecule has 6 heteroatoms. The normalized spacial score (nSPS) is 14.0. The highest BCUT2D eigenvalue weighted by atomic mass is 32.2. The molecule has 2 aromatic heterocycles. The summed E-state index contributed by atoms with van der Waals surface area (Å²) < 4.78 is 8.50. The van der Waals surface area contributed by atoms with Gasteiger partial charge in [0.05, 0.1) is 11.0 Å². The fraction of sp³-hybridized carbons (Fsp3) is 0.122. The lowest BCUT2D eigenvalue weighted by Gasteiger charge is -2.40. The van der Waals surface area contributed by atoms with E-state index in [0.29, 0.717) is 5.84 Å². The van der Waals surface area contributed by atoms with Crippen molar-refractivity contribution in [1.82, 2.24) is 9.38 Å². The molecule has 0 saturated carbocycles. The maximum atomic E-state index is 6.33. The molecular formula is C49H42N2OSSi2. The van der Waals surface area contributed by atoms with Crippen molar-refractivity contribution in [2.45, 2.75) is 49.1 Å². The van der Waals surface area contributed by atoms with Crippen molar-refractivity contribution >= 4 is 87.0 Å². The lowest BCUT2D eigenvalue weighted by atomic mass is 9.81. The molecule has 9 aromatic rings. The monoisotopic (exact) mass is 762 g/mol. The number of para-hydroxylation sites is 3. The first kappa shape index (κ1) is 34.1. The number of nitrogens with zero attached hydrogens (tertiary/aromatic N) is 2. The highest BCUT2D eigenvalue weighted by Gasteiger charge is 2.46. The van der Waals surface area contributed by atoms with Crippen LogP contribution >= 0.6 is 11.8 Å². The van der Waals surface area contributed by atoms with Crippen molar-refractivity contribution in [2.24, 2.45) is 0 Å². The van der Waals surface area contributed by atoms with Crippen molar-refractivity contribution in [2.75, 3.05) is 0 Å². The number of fused-ring (bicyclic) bond motifs is 7. The molecular weight excluding hydrogens is 721 g/mol. The molecule has 0 saturated heterocycles. The molecule has 0 spiro atoms. The molecule has 0 bridgehead atoms. The van der Waals surface area contributed by atoms with Crippen molar-refractivity contribution in [3.63, 3.8) is 0 Å². The van der Waals surface area contributed by atoms with Crippen LogP contribution in [0.25, 0.3) is 39.1 Å². The third-order valence-electron chi connectivity index (χ3n) is 11.8. The van der Waals surface area contributed by atoms with E-state index in [4.69, 9.17) is 9.40 Å². The van der Waals surface area contributed by atoms with Gasteiger partial charge in [-0.05, 0) is 71.9 Å². The van der Waals surface area contributed by atoms with E-state index in [1.165, 1.54) is 52.0 Å². The van der Waals surface area contributed by atoms with Gasteiger partial charge in [0.2, 0.25) is 0 Å². The SMILES string of the molecule is CC(C)(C)c1ccc([Si](c2ccccc2)(c2ccccc2)c2cccc3c2Sc2ccccc2[Si]3(C)C)cc1-c1cccc2c1nc1oc3ccccc3n12. The third-order valence-corrected chi connectivity index (χ3v) is 21.9. The van der Waals surface area contributed by atoms with Crippen molar-refractivity contribution in [3.8, 4) is 11.1 Å². The summed E-state index contributed by atoms with van der Waals surface area (Å²) in [6.07, 6.45) is 0. The average molecular weight is 763 g/mol. The second-order valence-corrected chi connectivity index (χ2v) is 25.5. The molecule has 0 unspecified atom stereocenters. The lowest BCUT2D eigenvalue weighted by Crippen LogP contribution is -2.76. The summed E-state index contributed by atoms with van der Waals surface area (Å²) in [5, 5.41) is 8.65. The van der Waals surface area contributed by atoms with Gasteiger partial charge in [-0.15, -0.1) is 0 Å². The molecule has 0 amide bonds. The number of imidazole rings is 1. The largest absolute Gasteiger partial charge is 0.423 e. The van der Waals surface area contributed by atoms with E-state index < -0.39 is 16.1 Å². The minimum atomic E-state index is -2.97. The Kier molecular flexibility index (Phi) is 7.79. The van der Waals surface area contributed by atoms with Gasteiger partial charge in [0.25, 0.3) is 0 Å². The van der Waals surface area contributed by atoms with Crippen LogP contribution in [0.4, 0.5) is 0 Å². The van der Waals surface area contributed by atoms with Gasteiger partial charge in [-0.2, -0.15) is 4.98 Å². The van der Waals surface area contributed by atoms with E-state index in [1.807, 2.05) is 23.9 Å². The van der Waals surface area contributed by atoms with Crippen LogP contribution in [0.5, 0.6) is 0 Å². The van der Waals surface area contributed by atoms with Crippen LogP contribution in [-0.4, -0.2) is 25.5 Å². The molecule has 7 aromatic carbocycles. The smallest absolute Gasteiger partial charge is 0.307 e. The maximum absolute atomic E-state index is 6.33. The van der Waals surface area contributed by atoms with E-state index in [2.05, 4.69) is 190 Å². The number of rotatable bonds is 5. The maximum Gasteiger partial charge on any atom is 0.307 e. The van der Waals surface area contributed by atoms with Crippen LogP contribution in [0.1, 0.15) is 26.3 Å². The Morgan fingerprint density at radius 1 is 0.600 bits per heavy atom. The number of aromatic nitrogens is 2.